The van der Waals surface area contributed by atoms with Crippen LogP contribution in [0, 0.1) is 5.92 Å². The van der Waals surface area contributed by atoms with Gasteiger partial charge in [0.15, 0.2) is 0 Å². The van der Waals surface area contributed by atoms with Gasteiger partial charge in [0.05, 0.1) is 7.11 Å². The lowest BCUT2D eigenvalue weighted by Gasteiger charge is -2.15. The number of ether oxygens (including phenoxy) is 1. The second-order valence-corrected chi connectivity index (χ2v) is 4.14. The maximum atomic E-state index is 5.24. The average Bonchev–Trinajstić information content (AvgIpc) is 2.34. The highest BCUT2D eigenvalue weighted by atomic mass is 16.5. The van der Waals surface area contributed by atoms with Gasteiger partial charge in [-0.15, -0.1) is 0 Å². The van der Waals surface area contributed by atoms with E-state index < -0.39 is 0 Å². The predicted octanol–water partition coefficient (Wildman–Crippen LogP) is 2.87. The molecule has 0 aliphatic carbocycles. The fourth-order valence-electron chi connectivity index (χ4n) is 1.84. The molecule has 1 atom stereocenters. The first-order chi connectivity index (χ1) is 7.80. The van der Waals surface area contributed by atoms with E-state index in [-0.39, 0.29) is 0 Å². The highest BCUT2D eigenvalue weighted by Crippen LogP contribution is 2.17. The van der Waals surface area contributed by atoms with Gasteiger partial charge in [0.25, 0.3) is 0 Å². The van der Waals surface area contributed by atoms with Crippen LogP contribution in [0.2, 0.25) is 0 Å². The van der Waals surface area contributed by atoms with Gasteiger partial charge in [-0.25, -0.2) is 0 Å². The van der Waals surface area contributed by atoms with Crippen molar-refractivity contribution in [3.8, 4) is 5.75 Å². The van der Waals surface area contributed by atoms with Crippen LogP contribution in [0.15, 0.2) is 24.3 Å². The first-order valence-electron chi connectivity index (χ1n) is 6.13. The van der Waals surface area contributed by atoms with Crippen LogP contribution in [0.5, 0.6) is 5.75 Å². The lowest BCUT2D eigenvalue weighted by molar-refractivity contribution is 0.413. The van der Waals surface area contributed by atoms with Crippen molar-refractivity contribution in [2.75, 3.05) is 20.2 Å². The fraction of sp³-hybridized carbons (Fsp3) is 0.571. The van der Waals surface area contributed by atoms with Crippen LogP contribution >= 0.6 is 0 Å². The van der Waals surface area contributed by atoms with Crippen LogP contribution < -0.4 is 10.1 Å². The lowest BCUT2D eigenvalue weighted by atomic mass is 9.97. The Morgan fingerprint density at radius 2 is 2.12 bits per heavy atom. The molecule has 0 aromatic heterocycles. The fourth-order valence-corrected chi connectivity index (χ4v) is 1.84. The van der Waals surface area contributed by atoms with E-state index in [4.69, 9.17) is 4.74 Å². The molecule has 1 N–H and O–H groups in total. The third kappa shape index (κ3) is 4.23. The Balaban J connectivity index is 2.55. The molecule has 0 fully saturated rings. The Morgan fingerprint density at radius 1 is 1.31 bits per heavy atom. The van der Waals surface area contributed by atoms with Gasteiger partial charge in [-0.1, -0.05) is 32.4 Å². The van der Waals surface area contributed by atoms with Gasteiger partial charge in [-0.2, -0.15) is 0 Å². The van der Waals surface area contributed by atoms with Gasteiger partial charge >= 0.3 is 0 Å². The summed E-state index contributed by atoms with van der Waals surface area (Å²) in [5.74, 6) is 1.67. The van der Waals surface area contributed by atoms with E-state index in [2.05, 4.69) is 37.4 Å². The molecular weight excluding hydrogens is 198 g/mol. The third-order valence-corrected chi connectivity index (χ3v) is 2.92. The molecule has 0 saturated carbocycles. The van der Waals surface area contributed by atoms with E-state index in [1.807, 2.05) is 6.07 Å². The zero-order valence-corrected chi connectivity index (χ0v) is 10.6. The minimum atomic E-state index is 0.715. The smallest absolute Gasteiger partial charge is 0.119 e. The SMILES string of the molecule is CCNCC(CC)Cc1cccc(OC)c1. The highest BCUT2D eigenvalue weighted by Gasteiger charge is 2.07. The minimum Gasteiger partial charge on any atom is -0.497 e. The van der Waals surface area contributed by atoms with Gasteiger partial charge in [-0.05, 0) is 43.1 Å². The molecule has 0 heterocycles. The van der Waals surface area contributed by atoms with Crippen molar-refractivity contribution in [2.45, 2.75) is 26.7 Å². The van der Waals surface area contributed by atoms with Gasteiger partial charge in [0.1, 0.15) is 5.75 Å². The number of hydrogen-bond donors (Lipinski definition) is 1. The molecule has 0 spiro atoms. The second kappa shape index (κ2) is 7.29. The molecule has 0 aliphatic rings. The molecule has 90 valence electrons. The van der Waals surface area contributed by atoms with E-state index in [0.29, 0.717) is 5.92 Å². The van der Waals surface area contributed by atoms with Gasteiger partial charge in [0.2, 0.25) is 0 Å². The number of methoxy groups -OCH3 is 1. The second-order valence-electron chi connectivity index (χ2n) is 4.14. The first-order valence-corrected chi connectivity index (χ1v) is 6.13. The summed E-state index contributed by atoms with van der Waals surface area (Å²) in [5, 5.41) is 3.42. The molecule has 0 bridgehead atoms. The number of rotatable bonds is 7. The average molecular weight is 221 g/mol. The molecule has 0 amide bonds. The Bertz CT molecular complexity index is 299. The van der Waals surface area contributed by atoms with Crippen molar-refractivity contribution in [3.05, 3.63) is 29.8 Å². The van der Waals surface area contributed by atoms with Gasteiger partial charge < -0.3 is 10.1 Å². The number of hydrogen-bond acceptors (Lipinski definition) is 2. The molecule has 1 unspecified atom stereocenters. The maximum Gasteiger partial charge on any atom is 0.119 e. The molecule has 1 rings (SSSR count). The molecular formula is C14H23NO. The summed E-state index contributed by atoms with van der Waals surface area (Å²) < 4.78 is 5.24. The molecule has 2 heteroatoms. The van der Waals surface area contributed by atoms with Crippen LogP contribution in [-0.4, -0.2) is 20.2 Å². The van der Waals surface area contributed by atoms with Crippen molar-refractivity contribution in [1.82, 2.24) is 5.32 Å². The Labute approximate surface area is 99.0 Å². The van der Waals surface area contributed by atoms with Crippen molar-refractivity contribution < 1.29 is 4.74 Å². The molecule has 2 nitrogen and oxygen atoms in total. The Hall–Kier alpha value is -1.02. The zero-order valence-electron chi connectivity index (χ0n) is 10.6. The third-order valence-electron chi connectivity index (χ3n) is 2.92. The monoisotopic (exact) mass is 221 g/mol. The molecule has 0 aliphatic heterocycles. The quantitative estimate of drug-likeness (QED) is 0.764. The van der Waals surface area contributed by atoms with Crippen LogP contribution in [0.1, 0.15) is 25.8 Å². The van der Waals surface area contributed by atoms with Crippen LogP contribution in [-0.2, 0) is 6.42 Å². The van der Waals surface area contributed by atoms with Crippen molar-refractivity contribution >= 4 is 0 Å². The topological polar surface area (TPSA) is 21.3 Å². The van der Waals surface area contributed by atoms with Crippen molar-refractivity contribution in [2.24, 2.45) is 5.92 Å². The minimum absolute atomic E-state index is 0.715. The van der Waals surface area contributed by atoms with Crippen molar-refractivity contribution in [3.63, 3.8) is 0 Å². The van der Waals surface area contributed by atoms with E-state index in [1.54, 1.807) is 7.11 Å². The standard InChI is InChI=1S/C14H23NO/c1-4-12(11-15-5-2)9-13-7-6-8-14(10-13)16-3/h6-8,10,12,15H,4-5,9,11H2,1-3H3. The van der Waals surface area contributed by atoms with Gasteiger partial charge in [0, 0.05) is 0 Å². The molecule has 0 saturated heterocycles. The summed E-state index contributed by atoms with van der Waals surface area (Å²) >= 11 is 0. The Kier molecular flexibility index (Phi) is 5.94. The lowest BCUT2D eigenvalue weighted by Crippen LogP contribution is -2.23. The highest BCUT2D eigenvalue weighted by molar-refractivity contribution is 5.28. The van der Waals surface area contributed by atoms with Gasteiger partial charge in [-0.3, -0.25) is 0 Å². The van der Waals surface area contributed by atoms with Crippen LogP contribution in [0.25, 0.3) is 0 Å². The zero-order chi connectivity index (χ0) is 11.8. The molecule has 0 radical (unpaired) electrons. The summed E-state index contributed by atoms with van der Waals surface area (Å²) in [6.07, 6.45) is 2.34. The molecule has 16 heavy (non-hydrogen) atoms. The summed E-state index contributed by atoms with van der Waals surface area (Å²) in [7, 11) is 1.72. The molecule has 1 aromatic rings. The predicted molar refractivity (Wildman–Crippen MR) is 69.0 cm³/mol. The largest absolute Gasteiger partial charge is 0.497 e. The van der Waals surface area contributed by atoms with Crippen LogP contribution in [0.4, 0.5) is 0 Å². The van der Waals surface area contributed by atoms with E-state index >= 15 is 0 Å². The first kappa shape index (κ1) is 13.0. The van der Waals surface area contributed by atoms with E-state index in [9.17, 15) is 0 Å². The summed E-state index contributed by atoms with van der Waals surface area (Å²) in [5.41, 5.74) is 1.36. The Morgan fingerprint density at radius 3 is 2.75 bits per heavy atom. The molecule has 1 aromatic carbocycles. The maximum absolute atomic E-state index is 5.24. The number of benzene rings is 1. The van der Waals surface area contributed by atoms with E-state index in [1.165, 1.54) is 12.0 Å². The normalized spacial score (nSPS) is 12.4. The summed E-state index contributed by atoms with van der Waals surface area (Å²) in [4.78, 5) is 0. The number of nitrogens with one attached hydrogen (secondary N) is 1. The van der Waals surface area contributed by atoms with Crippen LogP contribution in [0.3, 0.4) is 0 Å². The van der Waals surface area contributed by atoms with Crippen molar-refractivity contribution in [1.29, 1.82) is 0 Å². The van der Waals surface area contributed by atoms with E-state index in [0.717, 1.165) is 25.3 Å². The summed E-state index contributed by atoms with van der Waals surface area (Å²) in [6.45, 7) is 6.55. The summed E-state index contributed by atoms with van der Waals surface area (Å²) in [6, 6.07) is 8.37.